The number of ether oxygens (including phenoxy) is 8. The number of Topliss-reactive ketones (excluding diaryl/α,β-unsaturated/α-hetero) is 1. The number of anilines is 1. The van der Waals surface area contributed by atoms with E-state index in [1.807, 2.05) is 20.8 Å². The predicted octanol–water partition coefficient (Wildman–Crippen LogP) is 7.42. The van der Waals surface area contributed by atoms with E-state index >= 15 is 0 Å². The van der Waals surface area contributed by atoms with Crippen molar-refractivity contribution >= 4 is 28.3 Å². The molecule has 412 valence electrons. The number of ketones is 1. The largest absolute Gasteiger partial charge is 0.492 e. The highest BCUT2D eigenvalue weighted by Crippen LogP contribution is 2.42. The molecule has 3 saturated heterocycles. The molecule has 0 amide bonds. The lowest BCUT2D eigenvalue weighted by Crippen LogP contribution is -2.60. The normalized spacial score (nSPS) is 37.7. The number of pyridine rings is 1. The van der Waals surface area contributed by atoms with E-state index in [1.165, 1.54) is 30.8 Å². The van der Waals surface area contributed by atoms with Crippen LogP contribution in [0.4, 0.5) is 5.69 Å². The zero-order valence-electron chi connectivity index (χ0n) is 46.3. The van der Waals surface area contributed by atoms with Crippen LogP contribution in [-0.2, 0) is 55.7 Å². The number of fused-ring (bicyclic) bond motifs is 2. The molecule has 0 unspecified atom stereocenters. The third kappa shape index (κ3) is 12.8. The van der Waals surface area contributed by atoms with Crippen LogP contribution in [0.2, 0.25) is 0 Å². The Bertz CT molecular complexity index is 2350. The summed E-state index contributed by atoms with van der Waals surface area (Å²) in [5, 5.41) is 35.6. The molecule has 16 nitrogen and oxygen atoms in total. The molecule has 0 spiro atoms. The molecule has 3 aromatic rings. The average Bonchev–Trinajstić information content (AvgIpc) is 3.79. The van der Waals surface area contributed by atoms with E-state index in [2.05, 4.69) is 65.4 Å². The van der Waals surface area contributed by atoms with Gasteiger partial charge in [0.15, 0.2) is 12.6 Å². The molecule has 5 heterocycles. The molecule has 0 aliphatic carbocycles. The van der Waals surface area contributed by atoms with E-state index in [-0.39, 0.29) is 37.2 Å². The van der Waals surface area contributed by atoms with Gasteiger partial charge in [0, 0.05) is 81.6 Å². The maximum absolute atomic E-state index is 14.5. The van der Waals surface area contributed by atoms with Gasteiger partial charge >= 0.3 is 5.97 Å². The molecule has 3 fully saturated rings. The van der Waals surface area contributed by atoms with E-state index in [0.29, 0.717) is 13.0 Å². The first-order valence-corrected chi connectivity index (χ1v) is 27.1. The standard InChI is InChI=1S/C58H87N3O13/c1-14-47-58(10,66)52(63)36(4)50(62)34(2)30-57(9,68-13)54(37(5)51(38(6)55(65)72-47)73-49-31-56(8,67-12)53(64)39(7)71-49)74-48-29-43(26-35(3)70-48)60(11)23-17-25-69-44-28-42-27-40(20-21-45(42)59-32-44)33-61-24-22-41-18-15-16-19-46(41)61/h15-16,18-21,27-28,32,34-39,43,47-49,51-54,63-64,66H,14,17,22-26,29-31,33H2,1-13H3/t34-,35-,36+,37+,38-,39+,43+,47-,48+,49+,51+,52-,53+,54-,56-,57-,58-/m1/s1. The summed E-state index contributed by atoms with van der Waals surface area (Å²) in [4.78, 5) is 38.2. The highest BCUT2D eigenvalue weighted by Gasteiger charge is 2.53. The summed E-state index contributed by atoms with van der Waals surface area (Å²) in [5.41, 5.74) is 0.681. The number of methoxy groups -OCH3 is 2. The van der Waals surface area contributed by atoms with Crippen LogP contribution >= 0.6 is 0 Å². The van der Waals surface area contributed by atoms with Crippen molar-refractivity contribution in [2.45, 2.75) is 199 Å². The fourth-order valence-electron chi connectivity index (χ4n) is 12.3. The summed E-state index contributed by atoms with van der Waals surface area (Å²) in [6, 6.07) is 17.2. The quantitative estimate of drug-likeness (QED) is 0.101. The minimum atomic E-state index is -1.97. The smallest absolute Gasteiger partial charge is 0.311 e. The van der Waals surface area contributed by atoms with Gasteiger partial charge in [0.1, 0.15) is 29.3 Å². The molecule has 17 atom stereocenters. The van der Waals surface area contributed by atoms with Crippen LogP contribution in [0.5, 0.6) is 5.75 Å². The van der Waals surface area contributed by atoms with Gasteiger partial charge in [-0.1, -0.05) is 52.0 Å². The maximum atomic E-state index is 14.5. The van der Waals surface area contributed by atoms with Gasteiger partial charge < -0.3 is 63.0 Å². The van der Waals surface area contributed by atoms with Crippen molar-refractivity contribution in [1.29, 1.82) is 0 Å². The summed E-state index contributed by atoms with van der Waals surface area (Å²) in [6.07, 6.45) is -2.59. The molecule has 16 heteroatoms. The summed E-state index contributed by atoms with van der Waals surface area (Å²) in [6.45, 7) is 20.7. The Balaban J connectivity index is 1.08. The zero-order chi connectivity index (χ0) is 53.9. The third-order valence-corrected chi connectivity index (χ3v) is 17.1. The van der Waals surface area contributed by atoms with Gasteiger partial charge in [0.25, 0.3) is 0 Å². The number of cyclic esters (lactones) is 1. The van der Waals surface area contributed by atoms with Crippen molar-refractivity contribution in [2.75, 3.05) is 45.9 Å². The Kier molecular flexibility index (Phi) is 19.0. The lowest BCUT2D eigenvalue weighted by Gasteiger charge is -2.49. The number of hydrogen-bond donors (Lipinski definition) is 3. The number of benzene rings is 2. The van der Waals surface area contributed by atoms with E-state index in [0.717, 1.165) is 55.5 Å². The number of carbonyl (C=O) groups is 2. The summed E-state index contributed by atoms with van der Waals surface area (Å²) < 4.78 is 51.7. The molecule has 0 radical (unpaired) electrons. The van der Waals surface area contributed by atoms with Gasteiger partial charge in [-0.15, -0.1) is 0 Å². The Morgan fingerprint density at radius 2 is 1.59 bits per heavy atom. The monoisotopic (exact) mass is 1030 g/mol. The number of rotatable bonds is 15. The van der Waals surface area contributed by atoms with E-state index in [9.17, 15) is 24.9 Å². The third-order valence-electron chi connectivity index (χ3n) is 17.1. The molecule has 3 N–H and O–H groups in total. The predicted molar refractivity (Wildman–Crippen MR) is 282 cm³/mol. The Hall–Kier alpha value is -3.81. The van der Waals surface area contributed by atoms with Gasteiger partial charge in [-0.05, 0) is 116 Å². The molecule has 0 bridgehead atoms. The topological polar surface area (TPSA) is 188 Å². The first-order valence-electron chi connectivity index (χ1n) is 27.1. The minimum absolute atomic E-state index is 0.0764. The fraction of sp³-hybridized carbons (Fsp3) is 0.707. The number of carbonyl (C=O) groups excluding carboxylic acids is 2. The Morgan fingerprint density at radius 3 is 2.31 bits per heavy atom. The van der Waals surface area contributed by atoms with Crippen molar-refractivity contribution in [3.05, 3.63) is 65.9 Å². The van der Waals surface area contributed by atoms with Crippen LogP contribution in [-0.4, -0.2) is 156 Å². The first-order chi connectivity index (χ1) is 35.0. The van der Waals surface area contributed by atoms with E-state index in [1.54, 1.807) is 54.8 Å². The Morgan fingerprint density at radius 1 is 0.865 bits per heavy atom. The zero-order valence-corrected chi connectivity index (χ0v) is 46.3. The van der Waals surface area contributed by atoms with E-state index < -0.39 is 95.6 Å². The van der Waals surface area contributed by atoms with Gasteiger partial charge in [-0.2, -0.15) is 0 Å². The Labute approximate surface area is 439 Å². The van der Waals surface area contributed by atoms with E-state index in [4.69, 9.17) is 42.9 Å². The van der Waals surface area contributed by atoms with Crippen LogP contribution in [0.1, 0.15) is 119 Å². The molecular weight excluding hydrogens is 947 g/mol. The number of aromatic nitrogens is 1. The molecule has 1 aromatic heterocycles. The summed E-state index contributed by atoms with van der Waals surface area (Å²) in [7, 11) is 5.21. The van der Waals surface area contributed by atoms with Crippen LogP contribution < -0.4 is 9.64 Å². The van der Waals surface area contributed by atoms with Crippen LogP contribution in [0.25, 0.3) is 10.9 Å². The molecule has 74 heavy (non-hydrogen) atoms. The number of esters is 1. The van der Waals surface area contributed by atoms with Gasteiger partial charge in [-0.3, -0.25) is 14.6 Å². The van der Waals surface area contributed by atoms with Crippen LogP contribution in [0.3, 0.4) is 0 Å². The summed E-state index contributed by atoms with van der Waals surface area (Å²) >= 11 is 0. The number of aliphatic hydroxyl groups is 3. The van der Waals surface area contributed by atoms with Crippen molar-refractivity contribution in [1.82, 2.24) is 9.88 Å². The average molecular weight is 1030 g/mol. The van der Waals surface area contributed by atoms with Gasteiger partial charge in [0.05, 0.1) is 66.0 Å². The maximum Gasteiger partial charge on any atom is 0.311 e. The molecule has 7 rings (SSSR count). The highest BCUT2D eigenvalue weighted by molar-refractivity contribution is 5.84. The number of aliphatic hydroxyl groups excluding tert-OH is 2. The fourth-order valence-corrected chi connectivity index (χ4v) is 12.3. The highest BCUT2D eigenvalue weighted by atomic mass is 16.7. The van der Waals surface area contributed by atoms with Crippen LogP contribution in [0, 0.1) is 23.7 Å². The number of para-hydroxylation sites is 1. The summed E-state index contributed by atoms with van der Waals surface area (Å²) in [5.74, 6) is -3.54. The second-order valence-electron chi connectivity index (χ2n) is 22.7. The molecule has 2 aromatic carbocycles. The van der Waals surface area contributed by atoms with Crippen molar-refractivity contribution < 1.29 is 62.8 Å². The molecule has 0 saturated carbocycles. The second kappa shape index (κ2) is 24.2. The molecule has 4 aliphatic rings. The first kappa shape index (κ1) is 57.9. The molecule has 4 aliphatic heterocycles. The molecular formula is C58H87N3O13. The lowest BCUT2D eigenvalue weighted by molar-refractivity contribution is -0.309. The van der Waals surface area contributed by atoms with Crippen LogP contribution in [0.15, 0.2) is 54.7 Å². The van der Waals surface area contributed by atoms with Crippen molar-refractivity contribution in [3.63, 3.8) is 0 Å². The number of hydrogen-bond acceptors (Lipinski definition) is 16. The van der Waals surface area contributed by atoms with Crippen molar-refractivity contribution in [2.24, 2.45) is 23.7 Å². The number of nitrogens with zero attached hydrogens (tertiary/aromatic N) is 3. The SMILES string of the molecule is CC[C@H]1OC(=O)[C@H](C)[C@@H](O[C@H]2C[C@@](C)(OC)[C@@H](O)[C@H](C)O2)[C@H](C)[C@@H](O[C@H]2C[C@@H](N(C)CCCOc3cnc4ccc(CN5CCc6ccccc65)cc4c3)C[C@@H](C)O2)[C@](C)(OC)C[C@@H](C)C(=O)[C@H](C)[C@@H](O)[C@]1(C)O. The van der Waals surface area contributed by atoms with Gasteiger partial charge in [-0.25, -0.2) is 0 Å². The lowest BCUT2D eigenvalue weighted by atomic mass is 9.74. The van der Waals surface area contributed by atoms with Gasteiger partial charge in [0.2, 0.25) is 0 Å². The van der Waals surface area contributed by atoms with Crippen molar-refractivity contribution in [3.8, 4) is 5.75 Å². The minimum Gasteiger partial charge on any atom is -0.492 e. The second-order valence-corrected chi connectivity index (χ2v) is 22.7.